The molecule has 0 spiro atoms. The summed E-state index contributed by atoms with van der Waals surface area (Å²) in [6.45, 7) is 2.34. The fourth-order valence-corrected chi connectivity index (χ4v) is 2.79. The maximum absolute atomic E-state index is 5.54. The summed E-state index contributed by atoms with van der Waals surface area (Å²) in [5.41, 5.74) is 5.54. The molecular formula is C11H17N3S. The molecule has 1 aliphatic heterocycles. The van der Waals surface area contributed by atoms with Crippen molar-refractivity contribution < 1.29 is 0 Å². The second-order valence-corrected chi connectivity index (χ2v) is 5.02. The van der Waals surface area contributed by atoms with E-state index >= 15 is 0 Å². The van der Waals surface area contributed by atoms with Gasteiger partial charge in [0.2, 0.25) is 0 Å². The molecule has 3 N–H and O–H groups in total. The topological polar surface area (TPSA) is 50.9 Å². The number of nitrogens with zero attached hydrogens (tertiary/aromatic N) is 1. The normalized spacial score (nSPS) is 17.9. The molecule has 1 aromatic rings. The lowest BCUT2D eigenvalue weighted by molar-refractivity contribution is 0.408. The van der Waals surface area contributed by atoms with Crippen LogP contribution in [0.5, 0.6) is 0 Å². The molecular weight excluding hydrogens is 206 g/mol. The highest BCUT2D eigenvalue weighted by Crippen LogP contribution is 2.24. The standard InChI is InChI=1S/C11H17N3S/c12-11-2-1-10(7-14-11)15-8-9-3-5-13-6-4-9/h1-2,7,9,13H,3-6,8H2,(H2,12,14). The van der Waals surface area contributed by atoms with E-state index in [1.54, 1.807) is 0 Å². The zero-order chi connectivity index (χ0) is 10.5. The Labute approximate surface area is 94.8 Å². The molecule has 15 heavy (non-hydrogen) atoms. The van der Waals surface area contributed by atoms with Crippen LogP contribution in [0.4, 0.5) is 5.82 Å². The van der Waals surface area contributed by atoms with Crippen molar-refractivity contribution >= 4 is 17.6 Å². The Morgan fingerprint density at radius 3 is 2.87 bits per heavy atom. The SMILES string of the molecule is Nc1ccc(SCC2CCNCC2)cn1. The second kappa shape index (κ2) is 5.37. The fraction of sp³-hybridized carbons (Fsp3) is 0.545. The minimum atomic E-state index is 0.598. The number of hydrogen-bond donors (Lipinski definition) is 2. The molecule has 0 radical (unpaired) electrons. The third-order valence-electron chi connectivity index (χ3n) is 2.70. The summed E-state index contributed by atoms with van der Waals surface area (Å²) in [7, 11) is 0. The average molecular weight is 223 g/mol. The molecule has 1 aliphatic rings. The number of nitrogens with one attached hydrogen (secondary N) is 1. The van der Waals surface area contributed by atoms with Crippen LogP contribution in [0.2, 0.25) is 0 Å². The molecule has 2 rings (SSSR count). The minimum absolute atomic E-state index is 0.598. The lowest BCUT2D eigenvalue weighted by Crippen LogP contribution is -2.28. The summed E-state index contributed by atoms with van der Waals surface area (Å²) in [6, 6.07) is 3.92. The molecule has 3 nitrogen and oxygen atoms in total. The Balaban J connectivity index is 1.79. The van der Waals surface area contributed by atoms with Crippen LogP contribution in [-0.2, 0) is 0 Å². The second-order valence-electron chi connectivity index (χ2n) is 3.92. The molecule has 0 unspecified atom stereocenters. The Bertz CT molecular complexity index is 293. The Morgan fingerprint density at radius 2 is 2.20 bits per heavy atom. The number of nitrogens with two attached hydrogens (primary N) is 1. The number of anilines is 1. The first-order chi connectivity index (χ1) is 7.34. The van der Waals surface area contributed by atoms with Crippen molar-refractivity contribution in [3.05, 3.63) is 18.3 Å². The number of thioether (sulfide) groups is 1. The molecule has 82 valence electrons. The van der Waals surface area contributed by atoms with Crippen LogP contribution in [0.3, 0.4) is 0 Å². The maximum atomic E-state index is 5.54. The lowest BCUT2D eigenvalue weighted by Gasteiger charge is -2.21. The largest absolute Gasteiger partial charge is 0.384 e. The van der Waals surface area contributed by atoms with Gasteiger partial charge < -0.3 is 11.1 Å². The van der Waals surface area contributed by atoms with Crippen molar-refractivity contribution in [1.82, 2.24) is 10.3 Å². The number of nitrogen functional groups attached to an aromatic ring is 1. The first-order valence-electron chi connectivity index (χ1n) is 5.39. The van der Waals surface area contributed by atoms with Crippen molar-refractivity contribution in [2.75, 3.05) is 24.6 Å². The van der Waals surface area contributed by atoms with Gasteiger partial charge in [0.25, 0.3) is 0 Å². The molecule has 0 aromatic carbocycles. The molecule has 1 aromatic heterocycles. The van der Waals surface area contributed by atoms with Gasteiger partial charge in [0, 0.05) is 16.8 Å². The highest BCUT2D eigenvalue weighted by molar-refractivity contribution is 7.99. The third-order valence-corrected chi connectivity index (χ3v) is 3.92. The van der Waals surface area contributed by atoms with E-state index in [2.05, 4.69) is 10.3 Å². The maximum Gasteiger partial charge on any atom is 0.123 e. The summed E-state index contributed by atoms with van der Waals surface area (Å²) in [6.07, 6.45) is 4.46. The van der Waals surface area contributed by atoms with Gasteiger partial charge in [0.1, 0.15) is 5.82 Å². The van der Waals surface area contributed by atoms with Crippen molar-refractivity contribution in [3.63, 3.8) is 0 Å². The lowest BCUT2D eigenvalue weighted by atomic mass is 10.0. The quantitative estimate of drug-likeness (QED) is 0.767. The van der Waals surface area contributed by atoms with E-state index in [1.165, 1.54) is 36.6 Å². The molecule has 1 saturated heterocycles. The van der Waals surface area contributed by atoms with E-state index in [4.69, 9.17) is 5.73 Å². The van der Waals surface area contributed by atoms with Gasteiger partial charge in [-0.05, 0) is 44.0 Å². The molecule has 0 aliphatic carbocycles. The smallest absolute Gasteiger partial charge is 0.123 e. The molecule has 0 amide bonds. The van der Waals surface area contributed by atoms with Crippen LogP contribution in [0.15, 0.2) is 23.2 Å². The van der Waals surface area contributed by atoms with E-state index in [0.29, 0.717) is 5.82 Å². The van der Waals surface area contributed by atoms with E-state index < -0.39 is 0 Å². The van der Waals surface area contributed by atoms with Gasteiger partial charge in [0.15, 0.2) is 0 Å². The minimum Gasteiger partial charge on any atom is -0.384 e. The van der Waals surface area contributed by atoms with Gasteiger partial charge in [0.05, 0.1) is 0 Å². The Hall–Kier alpha value is -0.740. The summed E-state index contributed by atoms with van der Waals surface area (Å²) in [5, 5.41) is 3.38. The highest BCUT2D eigenvalue weighted by Gasteiger charge is 2.12. The van der Waals surface area contributed by atoms with Gasteiger partial charge >= 0.3 is 0 Å². The van der Waals surface area contributed by atoms with Crippen LogP contribution < -0.4 is 11.1 Å². The van der Waals surface area contributed by atoms with E-state index in [9.17, 15) is 0 Å². The van der Waals surface area contributed by atoms with E-state index in [-0.39, 0.29) is 0 Å². The third kappa shape index (κ3) is 3.39. The van der Waals surface area contributed by atoms with Crippen LogP contribution in [-0.4, -0.2) is 23.8 Å². The van der Waals surface area contributed by atoms with E-state index in [0.717, 1.165) is 5.92 Å². The zero-order valence-electron chi connectivity index (χ0n) is 8.78. The summed E-state index contributed by atoms with van der Waals surface area (Å²) in [5.74, 6) is 2.66. The monoisotopic (exact) mass is 223 g/mol. The van der Waals surface area contributed by atoms with Crippen molar-refractivity contribution in [1.29, 1.82) is 0 Å². The molecule has 0 atom stereocenters. The molecule has 0 bridgehead atoms. The van der Waals surface area contributed by atoms with Gasteiger partial charge in [-0.2, -0.15) is 0 Å². The van der Waals surface area contributed by atoms with Gasteiger partial charge in [-0.1, -0.05) is 0 Å². The molecule has 4 heteroatoms. The van der Waals surface area contributed by atoms with Gasteiger partial charge in [-0.25, -0.2) is 4.98 Å². The van der Waals surface area contributed by atoms with Crippen molar-refractivity contribution in [2.24, 2.45) is 5.92 Å². The van der Waals surface area contributed by atoms with Crippen molar-refractivity contribution in [3.8, 4) is 0 Å². The number of aromatic nitrogens is 1. The number of rotatable bonds is 3. The summed E-state index contributed by atoms with van der Waals surface area (Å²) >= 11 is 1.89. The predicted octanol–water partition coefficient (Wildman–Crippen LogP) is 1.76. The highest BCUT2D eigenvalue weighted by atomic mass is 32.2. The molecule has 2 heterocycles. The average Bonchev–Trinajstić information content (AvgIpc) is 2.30. The fourth-order valence-electron chi connectivity index (χ4n) is 1.74. The van der Waals surface area contributed by atoms with Crippen molar-refractivity contribution in [2.45, 2.75) is 17.7 Å². The van der Waals surface area contributed by atoms with Crippen LogP contribution in [0.1, 0.15) is 12.8 Å². The zero-order valence-corrected chi connectivity index (χ0v) is 9.59. The number of hydrogen-bond acceptors (Lipinski definition) is 4. The molecule has 1 fully saturated rings. The van der Waals surface area contributed by atoms with Gasteiger partial charge in [-0.15, -0.1) is 11.8 Å². The Kier molecular flexibility index (Phi) is 3.86. The van der Waals surface area contributed by atoms with Crippen LogP contribution >= 0.6 is 11.8 Å². The Morgan fingerprint density at radius 1 is 1.40 bits per heavy atom. The van der Waals surface area contributed by atoms with Gasteiger partial charge in [-0.3, -0.25) is 0 Å². The summed E-state index contributed by atoms with van der Waals surface area (Å²) in [4.78, 5) is 5.31. The molecule has 0 saturated carbocycles. The first-order valence-corrected chi connectivity index (χ1v) is 6.38. The predicted molar refractivity (Wildman–Crippen MR) is 65.0 cm³/mol. The first kappa shape index (κ1) is 10.8. The van der Waals surface area contributed by atoms with Crippen LogP contribution in [0, 0.1) is 5.92 Å². The summed E-state index contributed by atoms with van der Waals surface area (Å²) < 4.78 is 0. The number of pyridine rings is 1. The number of piperidine rings is 1. The van der Waals surface area contributed by atoms with E-state index in [1.807, 2.05) is 30.1 Å². The van der Waals surface area contributed by atoms with Crippen LogP contribution in [0.25, 0.3) is 0 Å².